The molecule has 11 aromatic carbocycles. The second-order valence-electron chi connectivity index (χ2n) is 17.2. The van der Waals surface area contributed by atoms with Crippen LogP contribution in [0.1, 0.15) is 27.8 Å². The van der Waals surface area contributed by atoms with Crippen molar-refractivity contribution in [2.75, 3.05) is 0 Å². The summed E-state index contributed by atoms with van der Waals surface area (Å²) in [5.41, 5.74) is 20.8. The van der Waals surface area contributed by atoms with Crippen LogP contribution in [0.15, 0.2) is 249 Å². The molecule has 11 aromatic rings. The molecule has 300 valence electrons. The molecule has 0 fully saturated rings. The molecule has 0 saturated carbocycles. The fraction of sp³-hybridized carbons (Fsp3) is 0.0312. The number of hydrogen-bond donors (Lipinski definition) is 0. The zero-order valence-electron chi connectivity index (χ0n) is 35.7. The number of rotatable bonds is 7. The van der Waals surface area contributed by atoms with E-state index in [1.165, 1.54) is 116 Å². The molecule has 0 spiro atoms. The van der Waals surface area contributed by atoms with Gasteiger partial charge in [-0.15, -0.1) is 0 Å². The molecule has 0 heteroatoms. The Morgan fingerprint density at radius 3 is 1.19 bits per heavy atom. The third-order valence-electron chi connectivity index (χ3n) is 13.7. The minimum atomic E-state index is -0.475. The van der Waals surface area contributed by atoms with Gasteiger partial charge >= 0.3 is 0 Å². The molecule has 0 N–H and O–H groups in total. The molecule has 0 amide bonds. The topological polar surface area (TPSA) is 0 Å². The van der Waals surface area contributed by atoms with Crippen molar-refractivity contribution < 1.29 is 0 Å². The maximum absolute atomic E-state index is 2.51. The van der Waals surface area contributed by atoms with Gasteiger partial charge in [0.1, 0.15) is 0 Å². The van der Waals surface area contributed by atoms with Crippen molar-refractivity contribution in [3.8, 4) is 66.8 Å². The molecule has 0 aromatic heterocycles. The second kappa shape index (κ2) is 15.4. The predicted molar refractivity (Wildman–Crippen MR) is 271 cm³/mol. The van der Waals surface area contributed by atoms with E-state index in [9.17, 15) is 0 Å². The van der Waals surface area contributed by atoms with E-state index < -0.39 is 5.41 Å². The molecule has 0 unspecified atom stereocenters. The van der Waals surface area contributed by atoms with Crippen LogP contribution in [0, 0.1) is 6.92 Å². The van der Waals surface area contributed by atoms with Crippen molar-refractivity contribution in [1.29, 1.82) is 0 Å². The van der Waals surface area contributed by atoms with Gasteiger partial charge in [-0.2, -0.15) is 0 Å². The largest absolute Gasteiger partial charge is 0.0713 e. The Morgan fingerprint density at radius 1 is 0.250 bits per heavy atom. The van der Waals surface area contributed by atoms with Crippen molar-refractivity contribution in [3.63, 3.8) is 0 Å². The Kier molecular flexibility index (Phi) is 9.06. The van der Waals surface area contributed by atoms with E-state index in [1.54, 1.807) is 0 Å². The van der Waals surface area contributed by atoms with E-state index in [0.29, 0.717) is 0 Å². The van der Waals surface area contributed by atoms with Crippen LogP contribution in [-0.4, -0.2) is 0 Å². The highest BCUT2D eigenvalue weighted by Gasteiger charge is 2.46. The first-order valence-corrected chi connectivity index (χ1v) is 22.3. The van der Waals surface area contributed by atoms with E-state index in [1.807, 2.05) is 0 Å². The summed E-state index contributed by atoms with van der Waals surface area (Å²) in [5, 5.41) is 5.02. The quantitative estimate of drug-likeness (QED) is 0.141. The molecule has 1 aliphatic rings. The molecule has 1 aliphatic carbocycles. The predicted octanol–water partition coefficient (Wildman–Crippen LogP) is 17.0. The van der Waals surface area contributed by atoms with Crippen LogP contribution < -0.4 is 0 Å². The maximum atomic E-state index is 2.51. The highest BCUT2D eigenvalue weighted by molar-refractivity contribution is 6.21. The summed E-state index contributed by atoms with van der Waals surface area (Å²) in [7, 11) is 0. The molecule has 0 heterocycles. The SMILES string of the molecule is Cc1cc(-c2cc(-c3ccccc3)cc(-c3ccccc3)c2)ccc1-c1c2ccccc2c(-c2ccc3c(c2)C(c2ccccc2)(c2ccccc2)c2ccccc2-3)c2ccccc12. The molecular weight excluding hydrogens is 769 g/mol. The maximum Gasteiger partial charge on any atom is 0.0713 e. The van der Waals surface area contributed by atoms with Crippen LogP contribution in [0.5, 0.6) is 0 Å². The summed E-state index contributed by atoms with van der Waals surface area (Å²) in [6.45, 7) is 2.28. The first-order chi connectivity index (χ1) is 31.7. The molecule has 64 heavy (non-hydrogen) atoms. The lowest BCUT2D eigenvalue weighted by atomic mass is 9.67. The molecule has 0 radical (unpaired) electrons. The standard InChI is InChI=1S/C64H44/c1-43-38-46(50-40-48(44-20-6-2-7-21-44)39-49(41-50)45-22-8-3-9-23-45)34-36-53(43)63-58-31-16-14-29-56(58)62(57-30-15-17-32-59(57)63)47-35-37-55-54-28-18-19-33-60(54)64(61(55)42-47,51-24-10-4-11-25-51)52-26-12-5-13-27-52/h2-42H,1H3. The summed E-state index contributed by atoms with van der Waals surface area (Å²) in [6.07, 6.45) is 0. The Labute approximate surface area is 375 Å². The van der Waals surface area contributed by atoms with E-state index in [-0.39, 0.29) is 0 Å². The van der Waals surface area contributed by atoms with Crippen molar-refractivity contribution >= 4 is 21.5 Å². The van der Waals surface area contributed by atoms with Crippen LogP contribution in [0.2, 0.25) is 0 Å². The van der Waals surface area contributed by atoms with Gasteiger partial charge in [0.25, 0.3) is 0 Å². The van der Waals surface area contributed by atoms with Crippen LogP contribution in [0.4, 0.5) is 0 Å². The first-order valence-electron chi connectivity index (χ1n) is 22.3. The minimum absolute atomic E-state index is 0.475. The molecule has 0 saturated heterocycles. The highest BCUT2D eigenvalue weighted by Crippen LogP contribution is 2.57. The van der Waals surface area contributed by atoms with Crippen molar-refractivity contribution in [1.82, 2.24) is 0 Å². The monoisotopic (exact) mass is 812 g/mol. The van der Waals surface area contributed by atoms with Crippen LogP contribution >= 0.6 is 0 Å². The Bertz CT molecular complexity index is 3370. The summed E-state index contributed by atoms with van der Waals surface area (Å²) in [5.74, 6) is 0. The van der Waals surface area contributed by atoms with Crippen molar-refractivity contribution in [3.05, 3.63) is 277 Å². The Balaban J connectivity index is 1.05. The van der Waals surface area contributed by atoms with Crippen LogP contribution in [0.3, 0.4) is 0 Å². The van der Waals surface area contributed by atoms with Gasteiger partial charge in [-0.3, -0.25) is 0 Å². The lowest BCUT2D eigenvalue weighted by Gasteiger charge is -2.34. The second-order valence-corrected chi connectivity index (χ2v) is 17.2. The van der Waals surface area contributed by atoms with Gasteiger partial charge in [0.2, 0.25) is 0 Å². The van der Waals surface area contributed by atoms with Crippen LogP contribution in [0.25, 0.3) is 88.3 Å². The molecule has 0 nitrogen and oxygen atoms in total. The average Bonchev–Trinajstić information content (AvgIpc) is 3.67. The highest BCUT2D eigenvalue weighted by atomic mass is 14.5. The molecule has 0 atom stereocenters. The van der Waals surface area contributed by atoms with Gasteiger partial charge < -0.3 is 0 Å². The zero-order chi connectivity index (χ0) is 42.6. The smallest absolute Gasteiger partial charge is 0.0622 e. The zero-order valence-corrected chi connectivity index (χ0v) is 35.7. The van der Waals surface area contributed by atoms with Gasteiger partial charge in [0, 0.05) is 0 Å². The summed E-state index contributed by atoms with van der Waals surface area (Å²) in [6, 6.07) is 92.1. The summed E-state index contributed by atoms with van der Waals surface area (Å²) in [4.78, 5) is 0. The van der Waals surface area contributed by atoms with Gasteiger partial charge in [-0.25, -0.2) is 0 Å². The van der Waals surface area contributed by atoms with Crippen molar-refractivity contribution in [2.24, 2.45) is 0 Å². The number of fused-ring (bicyclic) bond motifs is 5. The molecule has 0 aliphatic heterocycles. The summed E-state index contributed by atoms with van der Waals surface area (Å²) >= 11 is 0. The molecule has 12 rings (SSSR count). The Morgan fingerprint density at radius 2 is 0.656 bits per heavy atom. The first kappa shape index (κ1) is 37.7. The number of aryl methyl sites for hydroxylation is 1. The molecule has 0 bridgehead atoms. The van der Waals surface area contributed by atoms with E-state index in [2.05, 4.69) is 256 Å². The third-order valence-corrected chi connectivity index (χ3v) is 13.7. The van der Waals surface area contributed by atoms with Gasteiger partial charge in [0.15, 0.2) is 0 Å². The average molecular weight is 813 g/mol. The van der Waals surface area contributed by atoms with Gasteiger partial charge in [0.05, 0.1) is 5.41 Å². The minimum Gasteiger partial charge on any atom is -0.0622 e. The molecular formula is C64H44. The van der Waals surface area contributed by atoms with E-state index in [4.69, 9.17) is 0 Å². The normalized spacial score (nSPS) is 12.6. The lowest BCUT2D eigenvalue weighted by Crippen LogP contribution is -2.28. The van der Waals surface area contributed by atoms with Gasteiger partial charge in [-0.05, 0) is 147 Å². The lowest BCUT2D eigenvalue weighted by molar-refractivity contribution is 0.769. The summed E-state index contributed by atoms with van der Waals surface area (Å²) < 4.78 is 0. The van der Waals surface area contributed by atoms with Gasteiger partial charge in [-0.1, -0.05) is 224 Å². The van der Waals surface area contributed by atoms with Crippen LogP contribution in [-0.2, 0) is 5.41 Å². The fourth-order valence-corrected chi connectivity index (χ4v) is 10.8. The number of benzene rings is 11. The van der Waals surface area contributed by atoms with Crippen molar-refractivity contribution in [2.45, 2.75) is 12.3 Å². The Hall–Kier alpha value is -8.06. The van der Waals surface area contributed by atoms with E-state index >= 15 is 0 Å². The fourth-order valence-electron chi connectivity index (χ4n) is 10.8. The van der Waals surface area contributed by atoms with E-state index in [0.717, 1.165) is 0 Å². The third kappa shape index (κ3) is 5.98. The number of hydrogen-bond acceptors (Lipinski definition) is 0.